The number of ether oxygens (including phenoxy) is 1. The summed E-state index contributed by atoms with van der Waals surface area (Å²) in [5, 5.41) is 3.81. The third-order valence-electron chi connectivity index (χ3n) is 4.55. The number of allylic oxidation sites excluding steroid dienone is 1. The maximum atomic E-state index is 12.5. The zero-order chi connectivity index (χ0) is 18.4. The number of para-hydroxylation sites is 1. The third kappa shape index (κ3) is 2.08. The average Bonchev–Trinajstić information content (AvgIpc) is 3.10. The second kappa shape index (κ2) is 5.84. The summed E-state index contributed by atoms with van der Waals surface area (Å²) in [4.78, 5) is 37.3. The maximum absolute atomic E-state index is 12.5. The van der Waals surface area contributed by atoms with Crippen LogP contribution < -0.4 is 5.32 Å². The minimum absolute atomic E-state index is 0.0856. The number of hydrogen-bond acceptors (Lipinski definition) is 4. The first-order valence-electron chi connectivity index (χ1n) is 8.30. The van der Waals surface area contributed by atoms with Gasteiger partial charge in [0.25, 0.3) is 11.8 Å². The molecule has 6 heteroatoms. The van der Waals surface area contributed by atoms with Gasteiger partial charge >= 0.3 is 5.97 Å². The van der Waals surface area contributed by atoms with Crippen LogP contribution in [0, 0.1) is 0 Å². The molecule has 26 heavy (non-hydrogen) atoms. The SMILES string of the molecule is C=CCn1c2ccccc2c2c3c(c(C(=O)OCC)cc21)C(=O)NC3=O. The van der Waals surface area contributed by atoms with Crippen molar-refractivity contribution >= 4 is 39.6 Å². The van der Waals surface area contributed by atoms with Gasteiger partial charge in [0.05, 0.1) is 28.8 Å². The van der Waals surface area contributed by atoms with Gasteiger partial charge in [-0.3, -0.25) is 14.9 Å². The van der Waals surface area contributed by atoms with E-state index in [2.05, 4.69) is 11.9 Å². The monoisotopic (exact) mass is 348 g/mol. The number of carbonyl (C=O) groups excluding carboxylic acids is 3. The van der Waals surface area contributed by atoms with E-state index in [4.69, 9.17) is 4.74 Å². The Morgan fingerprint density at radius 3 is 2.65 bits per heavy atom. The van der Waals surface area contributed by atoms with Gasteiger partial charge in [0.2, 0.25) is 0 Å². The number of amides is 2. The van der Waals surface area contributed by atoms with E-state index < -0.39 is 17.8 Å². The topological polar surface area (TPSA) is 77.4 Å². The van der Waals surface area contributed by atoms with Crippen LogP contribution in [0.2, 0.25) is 0 Å². The van der Waals surface area contributed by atoms with E-state index in [1.165, 1.54) is 0 Å². The van der Waals surface area contributed by atoms with Crippen molar-refractivity contribution in [2.45, 2.75) is 13.5 Å². The largest absolute Gasteiger partial charge is 0.462 e. The Morgan fingerprint density at radius 1 is 1.19 bits per heavy atom. The lowest BCUT2D eigenvalue weighted by atomic mass is 9.97. The maximum Gasteiger partial charge on any atom is 0.339 e. The van der Waals surface area contributed by atoms with Crippen LogP contribution in [-0.2, 0) is 11.3 Å². The minimum atomic E-state index is -0.620. The minimum Gasteiger partial charge on any atom is -0.462 e. The molecule has 0 spiro atoms. The summed E-state index contributed by atoms with van der Waals surface area (Å²) in [6.07, 6.45) is 1.74. The van der Waals surface area contributed by atoms with Crippen molar-refractivity contribution < 1.29 is 19.1 Å². The number of fused-ring (bicyclic) bond motifs is 5. The lowest BCUT2D eigenvalue weighted by Gasteiger charge is -2.09. The number of rotatable bonds is 4. The van der Waals surface area contributed by atoms with Crippen LogP contribution in [0.3, 0.4) is 0 Å². The molecule has 0 saturated heterocycles. The molecule has 1 aromatic heterocycles. The lowest BCUT2D eigenvalue weighted by molar-refractivity contribution is 0.0523. The summed E-state index contributed by atoms with van der Waals surface area (Å²) in [7, 11) is 0. The van der Waals surface area contributed by atoms with Gasteiger partial charge in [-0.15, -0.1) is 6.58 Å². The lowest BCUT2D eigenvalue weighted by Crippen LogP contribution is -2.21. The van der Waals surface area contributed by atoms with Crippen molar-refractivity contribution in [2.24, 2.45) is 0 Å². The molecule has 2 heterocycles. The molecule has 0 saturated carbocycles. The van der Waals surface area contributed by atoms with E-state index in [0.717, 1.165) is 10.9 Å². The van der Waals surface area contributed by atoms with Crippen molar-refractivity contribution in [1.29, 1.82) is 0 Å². The molecule has 1 aliphatic heterocycles. The van der Waals surface area contributed by atoms with Crippen LogP contribution in [0.1, 0.15) is 38.0 Å². The van der Waals surface area contributed by atoms with E-state index in [0.29, 0.717) is 17.4 Å². The van der Waals surface area contributed by atoms with Gasteiger partial charge in [0.1, 0.15) is 0 Å². The third-order valence-corrected chi connectivity index (χ3v) is 4.55. The zero-order valence-corrected chi connectivity index (χ0v) is 14.2. The summed E-state index contributed by atoms with van der Waals surface area (Å²) >= 11 is 0. The molecular formula is C20H16N2O4. The number of esters is 1. The molecule has 130 valence electrons. The first-order chi connectivity index (χ1) is 12.6. The zero-order valence-electron chi connectivity index (χ0n) is 14.2. The highest BCUT2D eigenvalue weighted by Gasteiger charge is 2.36. The highest BCUT2D eigenvalue weighted by Crippen LogP contribution is 2.37. The van der Waals surface area contributed by atoms with E-state index in [1.807, 2.05) is 28.8 Å². The average molecular weight is 348 g/mol. The summed E-state index contributed by atoms with van der Waals surface area (Å²) < 4.78 is 7.07. The Balaban J connectivity index is 2.21. The molecule has 0 unspecified atom stereocenters. The van der Waals surface area contributed by atoms with Crippen molar-refractivity contribution in [3.63, 3.8) is 0 Å². The highest BCUT2D eigenvalue weighted by atomic mass is 16.5. The first-order valence-corrected chi connectivity index (χ1v) is 8.30. The van der Waals surface area contributed by atoms with Gasteiger partial charge in [0, 0.05) is 22.8 Å². The van der Waals surface area contributed by atoms with Crippen molar-refractivity contribution in [1.82, 2.24) is 9.88 Å². The Bertz CT molecular complexity index is 1120. The molecule has 2 aromatic carbocycles. The predicted octanol–water partition coefficient (Wildman–Crippen LogP) is 3.04. The Kier molecular flexibility index (Phi) is 3.61. The van der Waals surface area contributed by atoms with Crippen molar-refractivity contribution in [3.8, 4) is 0 Å². The van der Waals surface area contributed by atoms with Crippen molar-refractivity contribution in [2.75, 3.05) is 6.61 Å². The molecular weight excluding hydrogens is 332 g/mol. The van der Waals surface area contributed by atoms with Gasteiger partial charge in [-0.2, -0.15) is 0 Å². The molecule has 0 radical (unpaired) electrons. The van der Waals surface area contributed by atoms with Gasteiger partial charge in [-0.25, -0.2) is 4.79 Å². The molecule has 0 atom stereocenters. The van der Waals surface area contributed by atoms with Gasteiger partial charge in [0.15, 0.2) is 0 Å². The molecule has 1 aliphatic rings. The van der Waals surface area contributed by atoms with Crippen LogP contribution in [0.15, 0.2) is 43.0 Å². The van der Waals surface area contributed by atoms with Gasteiger partial charge < -0.3 is 9.30 Å². The Morgan fingerprint density at radius 2 is 1.92 bits per heavy atom. The first kappa shape index (κ1) is 16.1. The molecule has 1 N–H and O–H groups in total. The molecule has 4 rings (SSSR count). The molecule has 0 aliphatic carbocycles. The molecule has 6 nitrogen and oxygen atoms in total. The van der Waals surface area contributed by atoms with E-state index in [-0.39, 0.29) is 23.3 Å². The van der Waals surface area contributed by atoms with E-state index in [1.54, 1.807) is 19.1 Å². The highest BCUT2D eigenvalue weighted by molar-refractivity contribution is 6.32. The second-order valence-corrected chi connectivity index (χ2v) is 5.99. The fourth-order valence-corrected chi connectivity index (χ4v) is 3.59. The Labute approximate surface area is 149 Å². The number of nitrogens with zero attached hydrogens (tertiary/aromatic N) is 1. The number of aromatic nitrogens is 1. The fourth-order valence-electron chi connectivity index (χ4n) is 3.59. The van der Waals surface area contributed by atoms with Crippen LogP contribution in [0.4, 0.5) is 0 Å². The van der Waals surface area contributed by atoms with Crippen LogP contribution in [0.25, 0.3) is 21.8 Å². The second-order valence-electron chi connectivity index (χ2n) is 5.99. The van der Waals surface area contributed by atoms with Crippen molar-refractivity contribution in [3.05, 3.63) is 59.7 Å². The normalized spacial score (nSPS) is 13.1. The molecule has 3 aromatic rings. The molecule has 0 bridgehead atoms. The Hall–Kier alpha value is -3.41. The van der Waals surface area contributed by atoms with Gasteiger partial charge in [-0.1, -0.05) is 24.3 Å². The van der Waals surface area contributed by atoms with Crippen LogP contribution in [-0.4, -0.2) is 29.0 Å². The van der Waals surface area contributed by atoms with Crippen LogP contribution >= 0.6 is 0 Å². The number of imide groups is 1. The summed E-state index contributed by atoms with van der Waals surface area (Å²) in [6, 6.07) is 9.24. The van der Waals surface area contributed by atoms with E-state index in [9.17, 15) is 14.4 Å². The quantitative estimate of drug-likeness (QED) is 0.447. The smallest absolute Gasteiger partial charge is 0.339 e. The number of benzene rings is 2. The summed E-state index contributed by atoms with van der Waals surface area (Å²) in [5.41, 5.74) is 2.01. The molecule has 2 amide bonds. The summed E-state index contributed by atoms with van der Waals surface area (Å²) in [6.45, 7) is 6.16. The van der Waals surface area contributed by atoms with Crippen LogP contribution in [0.5, 0.6) is 0 Å². The van der Waals surface area contributed by atoms with Gasteiger partial charge in [-0.05, 0) is 19.1 Å². The predicted molar refractivity (Wildman–Crippen MR) is 97.4 cm³/mol. The fraction of sp³-hybridized carbons (Fsp3) is 0.150. The number of nitrogens with one attached hydrogen (secondary N) is 1. The number of carbonyl (C=O) groups is 3. The number of hydrogen-bond donors (Lipinski definition) is 1. The molecule has 0 fully saturated rings. The standard InChI is InChI=1S/C20H16N2O4/c1-3-9-22-13-8-6-5-7-11(13)15-14(22)10-12(20(25)26-4-2)16-17(15)19(24)21-18(16)23/h3,5-8,10H,1,4,9H2,2H3,(H,21,23,24). The summed E-state index contributed by atoms with van der Waals surface area (Å²) in [5.74, 6) is -1.69. The van der Waals surface area contributed by atoms with E-state index >= 15 is 0 Å².